The van der Waals surface area contributed by atoms with Gasteiger partial charge < -0.3 is 4.74 Å². The molecule has 3 nitrogen and oxygen atoms in total. The van der Waals surface area contributed by atoms with Crippen LogP contribution in [0.2, 0.25) is 0 Å². The average molecular weight is 265 g/mol. The summed E-state index contributed by atoms with van der Waals surface area (Å²) in [5.41, 5.74) is 0. The standard InChI is InChI=1S/C16H27NO2/c1-11-5-6-13(8-12(11)2)16(18)15-9-17-7-3-4-14(17)10-19-15/h11-15H,3-10H2,1-2H3. The van der Waals surface area contributed by atoms with Crippen LogP contribution in [0.1, 0.15) is 46.0 Å². The minimum absolute atomic E-state index is 0.139. The fraction of sp³-hybridized carbons (Fsp3) is 0.938. The van der Waals surface area contributed by atoms with E-state index in [9.17, 15) is 4.79 Å². The van der Waals surface area contributed by atoms with E-state index in [2.05, 4.69) is 18.7 Å². The number of rotatable bonds is 2. The molecular weight excluding hydrogens is 238 g/mol. The van der Waals surface area contributed by atoms with Gasteiger partial charge in [-0.3, -0.25) is 9.69 Å². The van der Waals surface area contributed by atoms with E-state index in [-0.39, 0.29) is 12.0 Å². The molecule has 1 aliphatic carbocycles. The molecule has 3 aliphatic rings. The Morgan fingerprint density at radius 1 is 1.16 bits per heavy atom. The molecule has 0 aromatic heterocycles. The molecule has 1 saturated carbocycles. The third-order valence-electron chi connectivity index (χ3n) is 5.71. The summed E-state index contributed by atoms with van der Waals surface area (Å²) in [7, 11) is 0. The van der Waals surface area contributed by atoms with Crippen molar-refractivity contribution in [1.29, 1.82) is 0 Å². The third kappa shape index (κ3) is 2.73. The van der Waals surface area contributed by atoms with Crippen molar-refractivity contribution in [3.8, 4) is 0 Å². The number of carbonyl (C=O) groups excluding carboxylic acids is 1. The largest absolute Gasteiger partial charge is 0.367 e. The number of fused-ring (bicyclic) bond motifs is 1. The number of hydrogen-bond acceptors (Lipinski definition) is 3. The zero-order chi connectivity index (χ0) is 13.4. The van der Waals surface area contributed by atoms with Crippen LogP contribution in [-0.2, 0) is 9.53 Å². The van der Waals surface area contributed by atoms with Gasteiger partial charge in [-0.05, 0) is 50.5 Å². The first kappa shape index (κ1) is 13.6. The second-order valence-electron chi connectivity index (χ2n) is 6.98. The molecule has 0 aromatic rings. The highest BCUT2D eigenvalue weighted by Gasteiger charge is 2.39. The molecule has 0 amide bonds. The van der Waals surface area contributed by atoms with Crippen molar-refractivity contribution in [1.82, 2.24) is 4.90 Å². The monoisotopic (exact) mass is 265 g/mol. The van der Waals surface area contributed by atoms with Crippen molar-refractivity contribution >= 4 is 5.78 Å². The SMILES string of the molecule is CC1CCC(C(=O)C2CN3CCCC3CO2)CC1C. The smallest absolute Gasteiger partial charge is 0.165 e. The maximum Gasteiger partial charge on any atom is 0.165 e. The van der Waals surface area contributed by atoms with Crippen molar-refractivity contribution < 1.29 is 9.53 Å². The second-order valence-corrected chi connectivity index (χ2v) is 6.98. The maximum atomic E-state index is 12.6. The van der Waals surface area contributed by atoms with Crippen LogP contribution in [0, 0.1) is 17.8 Å². The molecule has 3 fully saturated rings. The zero-order valence-corrected chi connectivity index (χ0v) is 12.3. The molecule has 5 unspecified atom stereocenters. The molecule has 2 heterocycles. The van der Waals surface area contributed by atoms with Gasteiger partial charge in [0.05, 0.1) is 6.61 Å². The fourth-order valence-electron chi connectivity index (χ4n) is 4.06. The second kappa shape index (κ2) is 5.53. The molecular formula is C16H27NO2. The Labute approximate surface area is 116 Å². The number of Topliss-reactive ketones (excluding diaryl/α,β-unsaturated/α-hetero) is 1. The first-order chi connectivity index (χ1) is 9.15. The van der Waals surface area contributed by atoms with E-state index in [1.54, 1.807) is 0 Å². The van der Waals surface area contributed by atoms with Gasteiger partial charge in [-0.2, -0.15) is 0 Å². The molecule has 0 radical (unpaired) electrons. The highest BCUT2D eigenvalue weighted by atomic mass is 16.5. The Bertz CT molecular complexity index is 344. The predicted octanol–water partition coefficient (Wildman–Crippen LogP) is 2.49. The Kier molecular flexibility index (Phi) is 3.95. The highest BCUT2D eigenvalue weighted by molar-refractivity contribution is 5.85. The summed E-state index contributed by atoms with van der Waals surface area (Å²) < 4.78 is 5.88. The van der Waals surface area contributed by atoms with Crippen molar-refractivity contribution in [3.05, 3.63) is 0 Å². The Morgan fingerprint density at radius 3 is 2.79 bits per heavy atom. The van der Waals surface area contributed by atoms with Gasteiger partial charge in [-0.15, -0.1) is 0 Å². The van der Waals surface area contributed by atoms with E-state index in [0.29, 0.717) is 17.7 Å². The number of hydrogen-bond donors (Lipinski definition) is 0. The van der Waals surface area contributed by atoms with Crippen molar-refractivity contribution in [2.75, 3.05) is 19.7 Å². The number of morpholine rings is 1. The average Bonchev–Trinajstić information content (AvgIpc) is 2.88. The maximum absolute atomic E-state index is 12.6. The lowest BCUT2D eigenvalue weighted by molar-refractivity contribution is -0.144. The molecule has 5 atom stereocenters. The molecule has 0 bridgehead atoms. The molecule has 19 heavy (non-hydrogen) atoms. The number of nitrogens with zero attached hydrogens (tertiary/aromatic N) is 1. The van der Waals surface area contributed by atoms with Crippen molar-refractivity contribution in [2.24, 2.45) is 17.8 Å². The van der Waals surface area contributed by atoms with Crippen molar-refractivity contribution in [3.63, 3.8) is 0 Å². The predicted molar refractivity (Wildman–Crippen MR) is 75.0 cm³/mol. The van der Waals surface area contributed by atoms with E-state index in [0.717, 1.165) is 38.5 Å². The van der Waals surface area contributed by atoms with E-state index in [4.69, 9.17) is 4.74 Å². The first-order valence-electron chi connectivity index (χ1n) is 8.04. The molecule has 108 valence electrons. The summed E-state index contributed by atoms with van der Waals surface area (Å²) in [5, 5.41) is 0. The van der Waals surface area contributed by atoms with Crippen LogP contribution in [0.25, 0.3) is 0 Å². The van der Waals surface area contributed by atoms with Crippen LogP contribution in [0.5, 0.6) is 0 Å². The van der Waals surface area contributed by atoms with Gasteiger partial charge in [-0.1, -0.05) is 13.8 Å². The number of ether oxygens (including phenoxy) is 1. The molecule has 2 aliphatic heterocycles. The van der Waals surface area contributed by atoms with E-state index in [1.165, 1.54) is 19.3 Å². The van der Waals surface area contributed by atoms with Gasteiger partial charge in [0.15, 0.2) is 5.78 Å². The molecule has 0 spiro atoms. The lowest BCUT2D eigenvalue weighted by atomic mass is 9.73. The Morgan fingerprint density at radius 2 is 2.00 bits per heavy atom. The molecule has 0 N–H and O–H groups in total. The summed E-state index contributed by atoms with van der Waals surface area (Å²) in [6, 6.07) is 0.592. The Hall–Kier alpha value is -0.410. The van der Waals surface area contributed by atoms with E-state index in [1.807, 2.05) is 0 Å². The van der Waals surface area contributed by atoms with Crippen LogP contribution in [-0.4, -0.2) is 42.5 Å². The van der Waals surface area contributed by atoms with E-state index >= 15 is 0 Å². The third-order valence-corrected chi connectivity index (χ3v) is 5.71. The van der Waals surface area contributed by atoms with Crippen LogP contribution in [0.3, 0.4) is 0 Å². The normalized spacial score (nSPS) is 44.0. The van der Waals surface area contributed by atoms with Gasteiger partial charge in [0.25, 0.3) is 0 Å². The summed E-state index contributed by atoms with van der Waals surface area (Å²) in [5.74, 6) is 2.12. The molecule has 2 saturated heterocycles. The van der Waals surface area contributed by atoms with Gasteiger partial charge >= 0.3 is 0 Å². The van der Waals surface area contributed by atoms with Gasteiger partial charge in [0.1, 0.15) is 6.10 Å². The Balaban J connectivity index is 1.58. The van der Waals surface area contributed by atoms with Crippen LogP contribution < -0.4 is 0 Å². The number of ketones is 1. The quantitative estimate of drug-likeness (QED) is 0.768. The lowest BCUT2D eigenvalue weighted by Crippen LogP contribution is -2.50. The summed E-state index contributed by atoms with van der Waals surface area (Å²) in [6.07, 6.45) is 5.74. The summed E-state index contributed by atoms with van der Waals surface area (Å²) >= 11 is 0. The van der Waals surface area contributed by atoms with Crippen LogP contribution in [0.15, 0.2) is 0 Å². The molecule has 3 rings (SSSR count). The molecule has 0 aromatic carbocycles. The van der Waals surface area contributed by atoms with Gasteiger partial charge in [0, 0.05) is 18.5 Å². The van der Waals surface area contributed by atoms with Gasteiger partial charge in [0.2, 0.25) is 0 Å². The van der Waals surface area contributed by atoms with Gasteiger partial charge in [-0.25, -0.2) is 0 Å². The van der Waals surface area contributed by atoms with E-state index < -0.39 is 0 Å². The minimum atomic E-state index is -0.139. The highest BCUT2D eigenvalue weighted by Crippen LogP contribution is 2.35. The van der Waals surface area contributed by atoms with Crippen molar-refractivity contribution in [2.45, 2.75) is 58.1 Å². The van der Waals surface area contributed by atoms with Crippen LogP contribution in [0.4, 0.5) is 0 Å². The topological polar surface area (TPSA) is 29.5 Å². The summed E-state index contributed by atoms with van der Waals surface area (Å²) in [6.45, 7) is 7.40. The first-order valence-corrected chi connectivity index (χ1v) is 8.04. The lowest BCUT2D eigenvalue weighted by Gasteiger charge is -2.38. The zero-order valence-electron chi connectivity index (χ0n) is 12.3. The molecule has 3 heteroatoms. The summed E-state index contributed by atoms with van der Waals surface area (Å²) in [4.78, 5) is 15.1. The fourth-order valence-corrected chi connectivity index (χ4v) is 4.06. The number of carbonyl (C=O) groups is 1. The van der Waals surface area contributed by atoms with Crippen LogP contribution >= 0.6 is 0 Å². The minimum Gasteiger partial charge on any atom is -0.367 e.